The van der Waals surface area contributed by atoms with E-state index in [2.05, 4.69) is 51.8 Å². The van der Waals surface area contributed by atoms with Crippen molar-refractivity contribution in [3.8, 4) is 0 Å². The molecule has 0 fully saturated rings. The Balaban J connectivity index is 0.00000529. The summed E-state index contributed by atoms with van der Waals surface area (Å²) in [6.07, 6.45) is 2.49. The summed E-state index contributed by atoms with van der Waals surface area (Å²) in [4.78, 5) is 13.5. The second kappa shape index (κ2) is 13.7. The van der Waals surface area contributed by atoms with Gasteiger partial charge in [-0.2, -0.15) is 0 Å². The first-order valence-electron chi connectivity index (χ1n) is 8.39. The highest BCUT2D eigenvalue weighted by atomic mass is 127. The molecule has 140 valence electrons. The number of aromatic nitrogens is 1. The number of thiazole rings is 1. The van der Waals surface area contributed by atoms with Gasteiger partial charge in [0.15, 0.2) is 11.1 Å². The highest BCUT2D eigenvalue weighted by Crippen LogP contribution is 2.18. The number of aliphatic imine (C=N–C) groups is 1. The number of guanidine groups is 1. The van der Waals surface area contributed by atoms with Gasteiger partial charge in [-0.3, -0.25) is 0 Å². The number of anilines is 1. The highest BCUT2D eigenvalue weighted by molar-refractivity contribution is 14.0. The number of rotatable bonds is 10. The summed E-state index contributed by atoms with van der Waals surface area (Å²) < 4.78 is 0. The van der Waals surface area contributed by atoms with Crippen molar-refractivity contribution < 1.29 is 0 Å². The van der Waals surface area contributed by atoms with Crippen molar-refractivity contribution in [2.75, 3.05) is 52.2 Å². The van der Waals surface area contributed by atoms with Crippen molar-refractivity contribution in [3.05, 3.63) is 11.1 Å². The number of likely N-dealkylation sites (N-methyl/N-ethyl adjacent to an activating group) is 1. The molecule has 1 aromatic rings. The van der Waals surface area contributed by atoms with Crippen LogP contribution in [0.4, 0.5) is 5.13 Å². The van der Waals surface area contributed by atoms with Crippen LogP contribution in [-0.2, 0) is 6.54 Å². The molecule has 2 N–H and O–H groups in total. The minimum absolute atomic E-state index is 0. The molecule has 0 radical (unpaired) electrons. The summed E-state index contributed by atoms with van der Waals surface area (Å²) in [5, 5.41) is 9.76. The Hall–Kier alpha value is -0.610. The quantitative estimate of drug-likeness (QED) is 0.314. The Labute approximate surface area is 168 Å². The average Bonchev–Trinajstić information content (AvgIpc) is 2.99. The maximum Gasteiger partial charge on any atom is 0.191 e. The lowest BCUT2D eigenvalue weighted by Crippen LogP contribution is -2.41. The zero-order chi connectivity index (χ0) is 17.1. The SMILES string of the molecule is CCCCN(C)CCNC(=NCc1csc(N(C)C)n1)NCC.I. The lowest BCUT2D eigenvalue weighted by Gasteiger charge is -2.17. The maximum atomic E-state index is 4.62. The lowest BCUT2D eigenvalue weighted by molar-refractivity contribution is 0.332. The standard InChI is InChI=1S/C16H32N6S.HI/c1-6-8-10-22(5)11-9-18-15(17-7-2)19-12-14-13-23-16(20-14)21(3)4;/h13H,6-12H2,1-5H3,(H2,17,18,19);1H. The van der Waals surface area contributed by atoms with Crippen LogP contribution >= 0.6 is 35.3 Å². The third kappa shape index (κ3) is 9.63. The van der Waals surface area contributed by atoms with E-state index < -0.39 is 0 Å². The van der Waals surface area contributed by atoms with Crippen LogP contribution in [0.25, 0.3) is 0 Å². The van der Waals surface area contributed by atoms with Crippen molar-refractivity contribution in [3.63, 3.8) is 0 Å². The fourth-order valence-electron chi connectivity index (χ4n) is 1.98. The van der Waals surface area contributed by atoms with Gasteiger partial charge in [0.25, 0.3) is 0 Å². The van der Waals surface area contributed by atoms with E-state index in [1.807, 2.05) is 19.0 Å². The van der Waals surface area contributed by atoms with Crippen molar-refractivity contribution >= 4 is 46.4 Å². The lowest BCUT2D eigenvalue weighted by atomic mass is 10.3. The number of hydrogen-bond acceptors (Lipinski definition) is 5. The Morgan fingerprint density at radius 3 is 2.54 bits per heavy atom. The molecule has 1 heterocycles. The molecule has 0 amide bonds. The Morgan fingerprint density at radius 1 is 1.21 bits per heavy atom. The van der Waals surface area contributed by atoms with Gasteiger partial charge in [0, 0.05) is 39.1 Å². The second-order valence-corrected chi connectivity index (χ2v) is 6.63. The van der Waals surface area contributed by atoms with Crippen molar-refractivity contribution in [2.24, 2.45) is 4.99 Å². The minimum Gasteiger partial charge on any atom is -0.357 e. The van der Waals surface area contributed by atoms with E-state index in [1.165, 1.54) is 12.8 Å². The normalized spacial score (nSPS) is 11.3. The van der Waals surface area contributed by atoms with Gasteiger partial charge in [-0.05, 0) is 26.9 Å². The van der Waals surface area contributed by atoms with Crippen LogP contribution in [0.3, 0.4) is 0 Å². The van der Waals surface area contributed by atoms with Crippen LogP contribution in [0.2, 0.25) is 0 Å². The molecule has 8 heteroatoms. The van der Waals surface area contributed by atoms with E-state index in [4.69, 9.17) is 0 Å². The molecule has 0 saturated heterocycles. The van der Waals surface area contributed by atoms with Gasteiger partial charge in [-0.1, -0.05) is 13.3 Å². The molecule has 0 unspecified atom stereocenters. The van der Waals surface area contributed by atoms with Gasteiger partial charge in [0.1, 0.15) is 0 Å². The first-order valence-corrected chi connectivity index (χ1v) is 9.27. The molecule has 0 aliphatic carbocycles. The monoisotopic (exact) mass is 468 g/mol. The third-order valence-corrected chi connectivity index (χ3v) is 4.40. The van der Waals surface area contributed by atoms with Gasteiger partial charge in [0.2, 0.25) is 0 Å². The summed E-state index contributed by atoms with van der Waals surface area (Å²) in [7, 11) is 6.18. The summed E-state index contributed by atoms with van der Waals surface area (Å²) in [5.74, 6) is 0.857. The van der Waals surface area contributed by atoms with Gasteiger partial charge in [-0.25, -0.2) is 9.98 Å². The molecular formula is C16H33IN6S. The molecule has 24 heavy (non-hydrogen) atoms. The van der Waals surface area contributed by atoms with Crippen LogP contribution in [0.15, 0.2) is 10.4 Å². The molecule has 0 aliphatic heterocycles. The summed E-state index contributed by atoms with van der Waals surface area (Å²) >= 11 is 1.65. The largest absolute Gasteiger partial charge is 0.357 e. The number of halogens is 1. The molecule has 1 rings (SSSR count). The molecule has 0 spiro atoms. The third-order valence-electron chi connectivity index (χ3n) is 3.34. The molecule has 0 atom stereocenters. The van der Waals surface area contributed by atoms with E-state index in [-0.39, 0.29) is 24.0 Å². The van der Waals surface area contributed by atoms with Crippen LogP contribution in [-0.4, -0.2) is 63.2 Å². The first-order chi connectivity index (χ1) is 11.1. The van der Waals surface area contributed by atoms with Gasteiger partial charge < -0.3 is 20.4 Å². The molecule has 6 nitrogen and oxygen atoms in total. The van der Waals surface area contributed by atoms with Gasteiger partial charge >= 0.3 is 0 Å². The Kier molecular flexibility index (Phi) is 13.3. The Morgan fingerprint density at radius 2 is 1.96 bits per heavy atom. The van der Waals surface area contributed by atoms with Crippen molar-refractivity contribution in [1.29, 1.82) is 0 Å². The van der Waals surface area contributed by atoms with Crippen molar-refractivity contribution in [2.45, 2.75) is 33.2 Å². The highest BCUT2D eigenvalue weighted by Gasteiger charge is 2.04. The van der Waals surface area contributed by atoms with Gasteiger partial charge in [0.05, 0.1) is 12.2 Å². The topological polar surface area (TPSA) is 55.8 Å². The van der Waals surface area contributed by atoms with E-state index in [0.717, 1.165) is 43.0 Å². The van der Waals surface area contributed by atoms with Crippen LogP contribution in [0.1, 0.15) is 32.4 Å². The van der Waals surface area contributed by atoms with Crippen LogP contribution in [0.5, 0.6) is 0 Å². The molecular weight excluding hydrogens is 435 g/mol. The van der Waals surface area contributed by atoms with Crippen molar-refractivity contribution in [1.82, 2.24) is 20.5 Å². The number of nitrogens with zero attached hydrogens (tertiary/aromatic N) is 4. The molecule has 0 saturated carbocycles. The number of unbranched alkanes of at least 4 members (excludes halogenated alkanes) is 1. The van der Waals surface area contributed by atoms with E-state index >= 15 is 0 Å². The average molecular weight is 468 g/mol. The maximum absolute atomic E-state index is 4.62. The fourth-order valence-corrected chi connectivity index (χ4v) is 2.73. The number of nitrogens with one attached hydrogen (secondary N) is 2. The van der Waals surface area contributed by atoms with Gasteiger partial charge in [-0.15, -0.1) is 35.3 Å². The molecule has 0 aliphatic rings. The van der Waals surface area contributed by atoms with E-state index in [0.29, 0.717) is 6.54 Å². The number of hydrogen-bond donors (Lipinski definition) is 2. The summed E-state index contributed by atoms with van der Waals surface area (Å²) in [6, 6.07) is 0. The molecule has 0 aromatic carbocycles. The predicted octanol–water partition coefficient (Wildman–Crippen LogP) is 2.61. The summed E-state index contributed by atoms with van der Waals surface area (Å²) in [6.45, 7) is 8.83. The minimum atomic E-state index is 0. The second-order valence-electron chi connectivity index (χ2n) is 5.79. The van der Waals surface area contributed by atoms with Crippen LogP contribution < -0.4 is 15.5 Å². The zero-order valence-electron chi connectivity index (χ0n) is 15.6. The predicted molar refractivity (Wildman–Crippen MR) is 117 cm³/mol. The molecule has 0 bridgehead atoms. The zero-order valence-corrected chi connectivity index (χ0v) is 18.8. The fraction of sp³-hybridized carbons (Fsp3) is 0.750. The van der Waals surface area contributed by atoms with Crippen LogP contribution in [0, 0.1) is 0 Å². The van der Waals surface area contributed by atoms with E-state index in [1.54, 1.807) is 11.3 Å². The first kappa shape index (κ1) is 23.4. The smallest absolute Gasteiger partial charge is 0.191 e. The molecule has 1 aromatic heterocycles. The summed E-state index contributed by atoms with van der Waals surface area (Å²) in [5.41, 5.74) is 1.01. The van der Waals surface area contributed by atoms with E-state index in [9.17, 15) is 0 Å². The Bertz CT molecular complexity index is 463.